The van der Waals surface area contributed by atoms with Crippen molar-refractivity contribution in [3.8, 4) is 0 Å². The highest BCUT2D eigenvalue weighted by Gasteiger charge is 2.08. The molecule has 0 amide bonds. The van der Waals surface area contributed by atoms with Gasteiger partial charge in [0, 0.05) is 12.8 Å². The zero-order valence-corrected chi connectivity index (χ0v) is 12.6. The summed E-state index contributed by atoms with van der Waals surface area (Å²) in [7, 11) is 0. The Morgan fingerprint density at radius 2 is 2.17 bits per heavy atom. The van der Waals surface area contributed by atoms with E-state index < -0.39 is 0 Å². The number of nitrogens with zero attached hydrogens (tertiary/aromatic N) is 3. The predicted octanol–water partition coefficient (Wildman–Crippen LogP) is 3.12. The lowest BCUT2D eigenvalue weighted by molar-refractivity contribution is 0.557. The van der Waals surface area contributed by atoms with Gasteiger partial charge in [0.1, 0.15) is 5.76 Å². The highest BCUT2D eigenvalue weighted by molar-refractivity contribution is 5.79. The molecule has 6 heteroatoms. The minimum Gasteiger partial charge on any atom is -0.465 e. The highest BCUT2D eigenvalue weighted by atomic mass is 16.3. The van der Waals surface area contributed by atoms with Crippen LogP contribution in [0.15, 0.2) is 63.1 Å². The molecule has 3 aromatic rings. The summed E-state index contributed by atoms with van der Waals surface area (Å²) in [5.41, 5.74) is 3.38. The van der Waals surface area contributed by atoms with Crippen LogP contribution in [0, 0.1) is 0 Å². The molecule has 2 aromatic heterocycles. The number of aromatic nitrogens is 2. The number of anilines is 1. The molecule has 0 saturated carbocycles. The molecule has 1 N–H and O–H groups in total. The summed E-state index contributed by atoms with van der Waals surface area (Å²) in [6, 6.07) is 10.9. The Bertz CT molecular complexity index is 908. The summed E-state index contributed by atoms with van der Waals surface area (Å²) in [6.45, 7) is 2.40. The number of hydrogen-bond donors (Lipinski definition) is 1. The van der Waals surface area contributed by atoms with Crippen LogP contribution >= 0.6 is 0 Å². The summed E-state index contributed by atoms with van der Waals surface area (Å²) in [6.07, 6.45) is 6.70. The maximum atomic E-state index is 12.4. The number of benzene rings is 1. The molecule has 1 aromatic carbocycles. The smallest absolute Gasteiger partial charge is 0.262 e. The molecule has 0 atom stereocenters. The van der Waals surface area contributed by atoms with E-state index in [2.05, 4.69) is 15.5 Å². The first-order valence-electron chi connectivity index (χ1n) is 7.28. The first-order chi connectivity index (χ1) is 11.3. The van der Waals surface area contributed by atoms with E-state index in [0.29, 0.717) is 23.4 Å². The van der Waals surface area contributed by atoms with E-state index in [1.807, 2.05) is 37.3 Å². The van der Waals surface area contributed by atoms with E-state index in [1.54, 1.807) is 35.3 Å². The van der Waals surface area contributed by atoms with Crippen LogP contribution in [0.3, 0.4) is 0 Å². The predicted molar refractivity (Wildman–Crippen MR) is 91.5 cm³/mol. The normalized spacial score (nSPS) is 11.7. The summed E-state index contributed by atoms with van der Waals surface area (Å²) < 4.78 is 6.72. The van der Waals surface area contributed by atoms with Gasteiger partial charge in [0.25, 0.3) is 5.56 Å². The summed E-state index contributed by atoms with van der Waals surface area (Å²) >= 11 is 0. The van der Waals surface area contributed by atoms with E-state index >= 15 is 0 Å². The van der Waals surface area contributed by atoms with Gasteiger partial charge in [-0.15, -0.1) is 0 Å². The van der Waals surface area contributed by atoms with Crippen molar-refractivity contribution in [1.29, 1.82) is 0 Å². The first-order valence-corrected chi connectivity index (χ1v) is 7.28. The molecule has 3 rings (SSSR count). The van der Waals surface area contributed by atoms with Crippen LogP contribution in [0.4, 0.5) is 5.95 Å². The van der Waals surface area contributed by atoms with Crippen LogP contribution in [0.5, 0.6) is 0 Å². The second-order valence-electron chi connectivity index (χ2n) is 4.77. The molecular formula is C17H16N4O2. The van der Waals surface area contributed by atoms with Crippen LogP contribution in [-0.4, -0.2) is 15.8 Å². The van der Waals surface area contributed by atoms with Crippen LogP contribution in [0.1, 0.15) is 12.7 Å². The Balaban J connectivity index is 1.83. The largest absolute Gasteiger partial charge is 0.465 e. The van der Waals surface area contributed by atoms with Crippen LogP contribution in [0.25, 0.3) is 17.0 Å². The minimum atomic E-state index is -0.0815. The standard InChI is InChI=1S/C17H16N4O2/c1-2-21-16(22)14-9-3-4-10-15(14)19-17(21)20-18-11-5-7-13-8-6-12-23-13/h3-12H,2H2,1H3,(H,19,20)/b7-5+,18-11+. The Morgan fingerprint density at radius 3 is 2.96 bits per heavy atom. The zero-order valence-electron chi connectivity index (χ0n) is 12.6. The fraction of sp³-hybridized carbons (Fsp3) is 0.118. The quantitative estimate of drug-likeness (QED) is 0.580. The summed E-state index contributed by atoms with van der Waals surface area (Å²) in [5, 5.41) is 4.67. The highest BCUT2D eigenvalue weighted by Crippen LogP contribution is 2.10. The topological polar surface area (TPSA) is 72.4 Å². The monoisotopic (exact) mass is 308 g/mol. The van der Waals surface area contributed by atoms with E-state index in [9.17, 15) is 4.79 Å². The lowest BCUT2D eigenvalue weighted by Gasteiger charge is -2.10. The van der Waals surface area contributed by atoms with Gasteiger partial charge in [-0.1, -0.05) is 12.1 Å². The third kappa shape index (κ3) is 3.21. The van der Waals surface area contributed by atoms with Gasteiger partial charge >= 0.3 is 0 Å². The lowest BCUT2D eigenvalue weighted by atomic mass is 10.2. The van der Waals surface area contributed by atoms with Crippen molar-refractivity contribution in [2.45, 2.75) is 13.5 Å². The Kier molecular flexibility index (Phi) is 4.33. The van der Waals surface area contributed by atoms with Crippen molar-refractivity contribution in [3.05, 3.63) is 64.9 Å². The van der Waals surface area contributed by atoms with E-state index in [1.165, 1.54) is 0 Å². The minimum absolute atomic E-state index is 0.0815. The Labute approximate surface area is 132 Å². The molecule has 23 heavy (non-hydrogen) atoms. The van der Waals surface area contributed by atoms with Gasteiger partial charge in [-0.25, -0.2) is 10.4 Å². The van der Waals surface area contributed by atoms with Crippen LogP contribution in [-0.2, 0) is 6.54 Å². The number of rotatable bonds is 5. The van der Waals surface area contributed by atoms with Crippen molar-refractivity contribution < 1.29 is 4.42 Å². The molecule has 6 nitrogen and oxygen atoms in total. The van der Waals surface area contributed by atoms with Gasteiger partial charge in [-0.3, -0.25) is 9.36 Å². The summed E-state index contributed by atoms with van der Waals surface area (Å²) in [5.74, 6) is 1.16. The molecule has 0 saturated heterocycles. The number of nitrogens with one attached hydrogen (secondary N) is 1. The molecule has 0 aliphatic rings. The van der Waals surface area contributed by atoms with Gasteiger partial charge in [-0.2, -0.15) is 5.10 Å². The summed E-state index contributed by atoms with van der Waals surface area (Å²) in [4.78, 5) is 16.9. The van der Waals surface area contributed by atoms with Crippen molar-refractivity contribution in [2.75, 3.05) is 5.43 Å². The first kappa shape index (κ1) is 14.8. The lowest BCUT2D eigenvalue weighted by Crippen LogP contribution is -2.23. The SMILES string of the molecule is CCn1c(N/N=C/C=C/c2ccco2)nc2ccccc2c1=O. The number of fused-ring (bicyclic) bond motifs is 1. The second-order valence-corrected chi connectivity index (χ2v) is 4.77. The van der Waals surface area contributed by atoms with Crippen LogP contribution < -0.4 is 11.0 Å². The van der Waals surface area contributed by atoms with Gasteiger partial charge in [0.15, 0.2) is 0 Å². The molecule has 0 aliphatic carbocycles. The van der Waals surface area contributed by atoms with Gasteiger partial charge in [-0.05, 0) is 43.3 Å². The van der Waals surface area contributed by atoms with Gasteiger partial charge in [0.05, 0.1) is 17.2 Å². The third-order valence-corrected chi connectivity index (χ3v) is 3.31. The Hall–Kier alpha value is -3.15. The maximum absolute atomic E-state index is 12.4. The molecule has 0 radical (unpaired) electrons. The zero-order chi connectivity index (χ0) is 16.1. The fourth-order valence-electron chi connectivity index (χ4n) is 2.21. The molecule has 116 valence electrons. The van der Waals surface area contributed by atoms with Crippen molar-refractivity contribution in [1.82, 2.24) is 9.55 Å². The molecule has 0 unspecified atom stereocenters. The molecule has 2 heterocycles. The molecule has 0 bridgehead atoms. The molecule has 0 fully saturated rings. The number of para-hydroxylation sites is 1. The second kappa shape index (κ2) is 6.74. The van der Waals surface area contributed by atoms with Crippen molar-refractivity contribution in [3.63, 3.8) is 0 Å². The molecule has 0 spiro atoms. The maximum Gasteiger partial charge on any atom is 0.262 e. The number of hydrogen-bond acceptors (Lipinski definition) is 5. The van der Waals surface area contributed by atoms with Crippen LogP contribution in [0.2, 0.25) is 0 Å². The average Bonchev–Trinajstić information content (AvgIpc) is 3.08. The molecular weight excluding hydrogens is 292 g/mol. The number of furan rings is 1. The van der Waals surface area contributed by atoms with Gasteiger partial charge in [0.2, 0.25) is 5.95 Å². The average molecular weight is 308 g/mol. The Morgan fingerprint density at radius 1 is 1.30 bits per heavy atom. The van der Waals surface area contributed by atoms with E-state index in [-0.39, 0.29) is 5.56 Å². The van der Waals surface area contributed by atoms with Crippen molar-refractivity contribution >= 4 is 29.1 Å². The molecule has 0 aliphatic heterocycles. The van der Waals surface area contributed by atoms with E-state index in [0.717, 1.165) is 5.76 Å². The van der Waals surface area contributed by atoms with Gasteiger partial charge < -0.3 is 4.42 Å². The number of allylic oxidation sites excluding steroid dienone is 1. The van der Waals surface area contributed by atoms with Crippen molar-refractivity contribution in [2.24, 2.45) is 5.10 Å². The number of hydrazone groups is 1. The fourth-order valence-corrected chi connectivity index (χ4v) is 2.21. The third-order valence-electron chi connectivity index (χ3n) is 3.31. The van der Waals surface area contributed by atoms with E-state index in [4.69, 9.17) is 4.42 Å².